The van der Waals surface area contributed by atoms with E-state index in [4.69, 9.17) is 11.2 Å². The molecule has 0 spiro atoms. The lowest BCUT2D eigenvalue weighted by Gasteiger charge is -2.29. The molecule has 0 saturated heterocycles. The molecule has 0 bridgehead atoms. The van der Waals surface area contributed by atoms with Gasteiger partial charge in [-0.3, -0.25) is 19.3 Å². The minimum Gasteiger partial charge on any atom is -0.481 e. The van der Waals surface area contributed by atoms with Gasteiger partial charge in [0.1, 0.15) is 5.75 Å². The van der Waals surface area contributed by atoms with Crippen molar-refractivity contribution in [2.75, 3.05) is 23.0 Å². The van der Waals surface area contributed by atoms with Crippen molar-refractivity contribution in [1.82, 2.24) is 0 Å². The maximum absolute atomic E-state index is 14.7. The Balaban J connectivity index is 1.79. The highest BCUT2D eigenvalue weighted by Crippen LogP contribution is 2.41. The Kier molecular flexibility index (Phi) is 3.76. The van der Waals surface area contributed by atoms with Crippen LogP contribution in [0.5, 0.6) is 5.75 Å². The number of benzene rings is 1. The Labute approximate surface area is 149 Å². The Morgan fingerprint density at radius 3 is 2.38 bits per heavy atom. The van der Waals surface area contributed by atoms with Gasteiger partial charge in [0.15, 0.2) is 12.4 Å². The van der Waals surface area contributed by atoms with E-state index in [2.05, 4.69) is 5.92 Å². The van der Waals surface area contributed by atoms with Crippen LogP contribution in [0.2, 0.25) is 0 Å². The summed E-state index contributed by atoms with van der Waals surface area (Å²) in [6.07, 6.45) is 8.01. The summed E-state index contributed by atoms with van der Waals surface area (Å²) in [5.41, 5.74) is 0.992. The number of hydrogen-bond acceptors (Lipinski definition) is 4. The van der Waals surface area contributed by atoms with Gasteiger partial charge in [-0.1, -0.05) is 5.92 Å². The quantitative estimate of drug-likeness (QED) is 0.599. The number of anilines is 2. The van der Waals surface area contributed by atoms with Crippen LogP contribution < -0.4 is 14.5 Å². The summed E-state index contributed by atoms with van der Waals surface area (Å²) < 4.78 is 19.9. The fourth-order valence-electron chi connectivity index (χ4n) is 3.61. The van der Waals surface area contributed by atoms with E-state index in [9.17, 15) is 18.8 Å². The van der Waals surface area contributed by atoms with Crippen molar-refractivity contribution >= 4 is 29.1 Å². The summed E-state index contributed by atoms with van der Waals surface area (Å²) in [5, 5.41) is 0. The van der Waals surface area contributed by atoms with Gasteiger partial charge >= 0.3 is 0 Å². The third-order valence-corrected chi connectivity index (χ3v) is 4.85. The van der Waals surface area contributed by atoms with Gasteiger partial charge in [0.2, 0.25) is 0 Å². The van der Waals surface area contributed by atoms with E-state index in [1.807, 2.05) is 0 Å². The number of ether oxygens (including phenoxy) is 1. The molecule has 0 aromatic heterocycles. The van der Waals surface area contributed by atoms with Crippen molar-refractivity contribution < 1.29 is 23.5 Å². The Hall–Kier alpha value is -3.14. The average molecular weight is 358 g/mol. The molecule has 0 saturated carbocycles. The van der Waals surface area contributed by atoms with Gasteiger partial charge < -0.3 is 4.74 Å². The van der Waals surface area contributed by atoms with Gasteiger partial charge in [-0.05, 0) is 31.7 Å². The molecule has 1 aromatic rings. The minimum atomic E-state index is -0.764. The number of fused-ring (bicyclic) bond motifs is 1. The van der Waals surface area contributed by atoms with Crippen LogP contribution in [0, 0.1) is 18.2 Å². The second kappa shape index (κ2) is 5.99. The normalized spacial score (nSPS) is 19.3. The summed E-state index contributed by atoms with van der Waals surface area (Å²) in [6.45, 7) is -0.262. The second-order valence-electron chi connectivity index (χ2n) is 6.35. The molecule has 132 valence electrons. The lowest BCUT2D eigenvalue weighted by atomic mass is 10.2. The summed E-state index contributed by atoms with van der Waals surface area (Å²) in [6, 6.07) is 2.37. The molecule has 7 heteroatoms. The van der Waals surface area contributed by atoms with Crippen LogP contribution >= 0.6 is 0 Å². The van der Waals surface area contributed by atoms with Gasteiger partial charge in [-0.15, -0.1) is 6.42 Å². The molecule has 4 rings (SSSR count). The predicted molar refractivity (Wildman–Crippen MR) is 91.1 cm³/mol. The molecule has 0 atom stereocenters. The number of nitrogens with zero attached hydrogens (tertiary/aromatic N) is 2. The number of hydrogen-bond donors (Lipinski definition) is 0. The number of carbonyl (C=O) groups excluding carboxylic acids is 3. The standard InChI is InChI=1S/C19H15FN2O4/c1-2-7-21-15-9-14(13(20)8-16(15)26-10-17(21)23)22-18(24)11-5-3-4-6-12(11)19(22)25/h1,8-9H,3-7,10H2/i11+2,12+2. The first kappa shape index (κ1) is 16.3. The largest absolute Gasteiger partial charge is 0.481 e. The number of terminal acetylenes is 1. The van der Waals surface area contributed by atoms with Crippen LogP contribution in [-0.2, 0) is 14.4 Å². The van der Waals surface area contributed by atoms with Crippen molar-refractivity contribution in [3.8, 4) is 18.1 Å². The first-order valence-corrected chi connectivity index (χ1v) is 8.34. The minimum absolute atomic E-state index is 0.0170. The van der Waals surface area contributed by atoms with E-state index in [0.717, 1.165) is 23.8 Å². The average Bonchev–Trinajstić information content (AvgIpc) is 2.89. The van der Waals surface area contributed by atoms with Gasteiger partial charge in [0, 0.05) is 17.2 Å². The fourth-order valence-corrected chi connectivity index (χ4v) is 3.61. The zero-order valence-electron chi connectivity index (χ0n) is 13.9. The molecular weight excluding hydrogens is 343 g/mol. The number of halogens is 1. The lowest BCUT2D eigenvalue weighted by Crippen LogP contribution is -2.39. The van der Waals surface area contributed by atoms with Crippen molar-refractivity contribution in [2.45, 2.75) is 25.7 Å². The van der Waals surface area contributed by atoms with Crippen LogP contribution in [0.3, 0.4) is 0 Å². The molecular formula is C19H15FN2O4. The molecule has 0 fully saturated rings. The first-order chi connectivity index (χ1) is 12.5. The van der Waals surface area contributed by atoms with Gasteiger partial charge in [-0.25, -0.2) is 9.29 Å². The SMILES string of the molecule is C#CCN1C(=O)COc2cc(F)c(N3C(=O)[14C]4=[14C](CCCC4)C3=O)cc21. The van der Waals surface area contributed by atoms with Crippen LogP contribution in [0.4, 0.5) is 15.8 Å². The molecule has 26 heavy (non-hydrogen) atoms. The van der Waals surface area contributed by atoms with Crippen LogP contribution in [0.1, 0.15) is 25.7 Å². The number of amides is 3. The molecule has 6 nitrogen and oxygen atoms in total. The summed E-state index contributed by atoms with van der Waals surface area (Å²) >= 11 is 0. The Bertz CT molecular complexity index is 900. The summed E-state index contributed by atoms with van der Waals surface area (Å²) in [4.78, 5) is 39.5. The number of imide groups is 1. The van der Waals surface area contributed by atoms with Crippen molar-refractivity contribution in [3.63, 3.8) is 0 Å². The molecule has 0 N–H and O–H groups in total. The van der Waals surface area contributed by atoms with E-state index in [-0.39, 0.29) is 36.2 Å². The van der Waals surface area contributed by atoms with E-state index in [1.165, 1.54) is 11.0 Å². The number of carbonyl (C=O) groups is 3. The van der Waals surface area contributed by atoms with Gasteiger partial charge in [0.25, 0.3) is 17.7 Å². The fraction of sp³-hybridized carbons (Fsp3) is 0.316. The van der Waals surface area contributed by atoms with Crippen LogP contribution in [0.25, 0.3) is 0 Å². The van der Waals surface area contributed by atoms with E-state index in [0.29, 0.717) is 24.0 Å². The van der Waals surface area contributed by atoms with Crippen molar-refractivity contribution in [1.29, 1.82) is 0 Å². The summed E-state index contributed by atoms with van der Waals surface area (Å²) in [5.74, 6) is 0.406. The zero-order chi connectivity index (χ0) is 18.4. The van der Waals surface area contributed by atoms with Gasteiger partial charge in [0.05, 0.1) is 17.9 Å². The molecule has 0 unspecified atom stereocenters. The highest BCUT2D eigenvalue weighted by atomic mass is 19.1. The van der Waals surface area contributed by atoms with E-state index in [1.54, 1.807) is 0 Å². The highest BCUT2D eigenvalue weighted by molar-refractivity contribution is 6.33. The van der Waals surface area contributed by atoms with Crippen molar-refractivity contribution in [2.24, 2.45) is 0 Å². The maximum atomic E-state index is 14.7. The third kappa shape index (κ3) is 2.30. The molecule has 0 radical (unpaired) electrons. The van der Waals surface area contributed by atoms with E-state index >= 15 is 0 Å². The van der Waals surface area contributed by atoms with Crippen molar-refractivity contribution in [3.05, 3.63) is 29.1 Å². The Morgan fingerprint density at radius 2 is 1.77 bits per heavy atom. The topological polar surface area (TPSA) is 66.9 Å². The predicted octanol–water partition coefficient (Wildman–Crippen LogP) is 1.93. The van der Waals surface area contributed by atoms with Crippen LogP contribution in [-0.4, -0.2) is 30.9 Å². The lowest BCUT2D eigenvalue weighted by molar-refractivity contribution is -0.121. The van der Waals surface area contributed by atoms with E-state index < -0.39 is 17.6 Å². The highest BCUT2D eigenvalue weighted by Gasteiger charge is 2.41. The molecule has 1 aromatic carbocycles. The molecule has 1 aliphatic carbocycles. The van der Waals surface area contributed by atoms with Crippen LogP contribution in [0.15, 0.2) is 23.3 Å². The first-order valence-electron chi connectivity index (χ1n) is 8.34. The molecule has 2 aliphatic heterocycles. The summed E-state index contributed by atoms with van der Waals surface area (Å²) in [7, 11) is 0. The molecule has 2 heterocycles. The zero-order valence-corrected chi connectivity index (χ0v) is 13.9. The number of rotatable bonds is 2. The second-order valence-corrected chi connectivity index (χ2v) is 6.35. The molecule has 3 amide bonds. The maximum Gasteiger partial charge on any atom is 0.265 e. The molecule has 3 aliphatic rings. The third-order valence-electron chi connectivity index (χ3n) is 4.85. The smallest absolute Gasteiger partial charge is 0.265 e. The Morgan fingerprint density at radius 1 is 1.12 bits per heavy atom. The van der Waals surface area contributed by atoms with Gasteiger partial charge in [-0.2, -0.15) is 0 Å². The monoisotopic (exact) mass is 358 g/mol.